The lowest BCUT2D eigenvalue weighted by Crippen LogP contribution is -2.01. The van der Waals surface area contributed by atoms with Gasteiger partial charge in [-0.3, -0.25) is 0 Å². The van der Waals surface area contributed by atoms with Gasteiger partial charge in [-0.05, 0) is 36.8 Å². The van der Waals surface area contributed by atoms with Gasteiger partial charge in [0.1, 0.15) is 0 Å². The van der Waals surface area contributed by atoms with Crippen LogP contribution in [0.1, 0.15) is 12.5 Å². The summed E-state index contributed by atoms with van der Waals surface area (Å²) in [6.07, 6.45) is 0. The van der Waals surface area contributed by atoms with E-state index in [4.69, 9.17) is 21.1 Å². The fourth-order valence-corrected chi connectivity index (χ4v) is 2.12. The topological polar surface area (TPSA) is 30.5 Å². The number of methoxy groups -OCH3 is 1. The summed E-state index contributed by atoms with van der Waals surface area (Å²) in [4.78, 5) is 0. The summed E-state index contributed by atoms with van der Waals surface area (Å²) in [7, 11) is 1.64. The van der Waals surface area contributed by atoms with Gasteiger partial charge >= 0.3 is 0 Å². The predicted molar refractivity (Wildman–Crippen MR) is 82.9 cm³/mol. The van der Waals surface area contributed by atoms with Crippen molar-refractivity contribution >= 4 is 17.3 Å². The van der Waals surface area contributed by atoms with Crippen molar-refractivity contribution in [1.82, 2.24) is 0 Å². The third kappa shape index (κ3) is 3.81. The molecule has 0 saturated carbocycles. The molecule has 0 atom stereocenters. The van der Waals surface area contributed by atoms with Crippen LogP contribution in [-0.2, 0) is 6.54 Å². The van der Waals surface area contributed by atoms with Gasteiger partial charge in [0.2, 0.25) is 0 Å². The standard InChI is InChI=1S/C16H18ClNO2/c1-3-20-15-8-7-14(10-16(15)19-2)18-11-12-5-4-6-13(17)9-12/h4-10,18H,3,11H2,1-2H3. The lowest BCUT2D eigenvalue weighted by molar-refractivity contribution is 0.311. The number of ether oxygens (including phenoxy) is 2. The third-order valence-electron chi connectivity index (χ3n) is 2.85. The van der Waals surface area contributed by atoms with E-state index in [1.54, 1.807) is 7.11 Å². The highest BCUT2D eigenvalue weighted by Crippen LogP contribution is 2.30. The summed E-state index contributed by atoms with van der Waals surface area (Å²) < 4.78 is 10.8. The Morgan fingerprint density at radius 1 is 1.10 bits per heavy atom. The van der Waals surface area contributed by atoms with Crippen LogP contribution < -0.4 is 14.8 Å². The molecule has 106 valence electrons. The quantitative estimate of drug-likeness (QED) is 0.858. The summed E-state index contributed by atoms with van der Waals surface area (Å²) in [5, 5.41) is 4.08. The number of hydrogen-bond donors (Lipinski definition) is 1. The molecule has 0 bridgehead atoms. The molecule has 0 aliphatic heterocycles. The van der Waals surface area contributed by atoms with Gasteiger partial charge in [0, 0.05) is 23.3 Å². The van der Waals surface area contributed by atoms with Crippen LogP contribution in [0.15, 0.2) is 42.5 Å². The van der Waals surface area contributed by atoms with Gasteiger partial charge in [-0.2, -0.15) is 0 Å². The molecule has 0 aliphatic rings. The average molecular weight is 292 g/mol. The van der Waals surface area contributed by atoms with Crippen molar-refractivity contribution in [2.45, 2.75) is 13.5 Å². The smallest absolute Gasteiger partial charge is 0.162 e. The molecule has 2 aromatic rings. The number of hydrogen-bond acceptors (Lipinski definition) is 3. The molecular weight excluding hydrogens is 274 g/mol. The van der Waals surface area contributed by atoms with Crippen molar-refractivity contribution in [3.63, 3.8) is 0 Å². The Kier molecular flexibility index (Phi) is 5.13. The van der Waals surface area contributed by atoms with Crippen LogP contribution in [0, 0.1) is 0 Å². The second-order valence-electron chi connectivity index (χ2n) is 4.28. The normalized spacial score (nSPS) is 10.2. The molecule has 0 spiro atoms. The maximum atomic E-state index is 5.97. The van der Waals surface area contributed by atoms with Crippen molar-refractivity contribution in [1.29, 1.82) is 0 Å². The van der Waals surface area contributed by atoms with Crippen molar-refractivity contribution in [3.8, 4) is 11.5 Å². The van der Waals surface area contributed by atoms with Crippen molar-refractivity contribution in [2.24, 2.45) is 0 Å². The summed E-state index contributed by atoms with van der Waals surface area (Å²) in [6.45, 7) is 3.27. The highest BCUT2D eigenvalue weighted by Gasteiger charge is 2.05. The Bertz CT molecular complexity index is 572. The first-order valence-corrected chi connectivity index (χ1v) is 6.90. The second kappa shape index (κ2) is 7.06. The van der Waals surface area contributed by atoms with Crippen LogP contribution in [0.2, 0.25) is 5.02 Å². The molecule has 0 amide bonds. The zero-order valence-electron chi connectivity index (χ0n) is 11.7. The van der Waals surface area contributed by atoms with Gasteiger partial charge in [0.15, 0.2) is 11.5 Å². The highest BCUT2D eigenvalue weighted by atomic mass is 35.5. The van der Waals surface area contributed by atoms with Gasteiger partial charge in [0.05, 0.1) is 13.7 Å². The van der Waals surface area contributed by atoms with Gasteiger partial charge in [-0.15, -0.1) is 0 Å². The lowest BCUT2D eigenvalue weighted by atomic mass is 10.2. The Morgan fingerprint density at radius 2 is 1.95 bits per heavy atom. The minimum Gasteiger partial charge on any atom is -0.493 e. The minimum atomic E-state index is 0.617. The van der Waals surface area contributed by atoms with E-state index in [1.807, 2.05) is 49.4 Å². The first-order valence-electron chi connectivity index (χ1n) is 6.52. The molecule has 0 aliphatic carbocycles. The monoisotopic (exact) mass is 291 g/mol. The molecule has 0 heterocycles. The number of benzene rings is 2. The van der Waals surface area contributed by atoms with E-state index in [-0.39, 0.29) is 0 Å². The summed E-state index contributed by atoms with van der Waals surface area (Å²) in [6, 6.07) is 13.6. The van der Waals surface area contributed by atoms with Crippen molar-refractivity contribution in [2.75, 3.05) is 19.0 Å². The second-order valence-corrected chi connectivity index (χ2v) is 4.72. The van der Waals surface area contributed by atoms with Crippen molar-refractivity contribution in [3.05, 3.63) is 53.1 Å². The first-order chi connectivity index (χ1) is 9.72. The Morgan fingerprint density at radius 3 is 2.65 bits per heavy atom. The lowest BCUT2D eigenvalue weighted by Gasteiger charge is -2.12. The molecule has 0 fully saturated rings. The Balaban J connectivity index is 2.06. The Hall–Kier alpha value is -1.87. The first kappa shape index (κ1) is 14.5. The van der Waals surface area contributed by atoms with E-state index in [2.05, 4.69) is 5.32 Å². The zero-order chi connectivity index (χ0) is 14.4. The van der Waals surface area contributed by atoms with E-state index in [9.17, 15) is 0 Å². The van der Waals surface area contributed by atoms with Crippen LogP contribution in [0.3, 0.4) is 0 Å². The summed E-state index contributed by atoms with van der Waals surface area (Å²) in [5.41, 5.74) is 2.11. The minimum absolute atomic E-state index is 0.617. The predicted octanol–water partition coefficient (Wildman–Crippen LogP) is 4.36. The van der Waals surface area contributed by atoms with Crippen molar-refractivity contribution < 1.29 is 9.47 Å². The molecule has 2 rings (SSSR count). The summed E-state index contributed by atoms with van der Waals surface area (Å²) in [5.74, 6) is 1.48. The summed E-state index contributed by atoms with van der Waals surface area (Å²) >= 11 is 5.97. The molecule has 0 unspecified atom stereocenters. The van der Waals surface area contributed by atoms with E-state index in [0.717, 1.165) is 27.8 Å². The van der Waals surface area contributed by atoms with Crippen LogP contribution in [0.25, 0.3) is 0 Å². The van der Waals surface area contributed by atoms with E-state index in [1.165, 1.54) is 0 Å². The van der Waals surface area contributed by atoms with Gasteiger partial charge in [-0.1, -0.05) is 23.7 Å². The van der Waals surface area contributed by atoms with E-state index in [0.29, 0.717) is 13.2 Å². The molecule has 0 radical (unpaired) electrons. The van der Waals surface area contributed by atoms with Gasteiger partial charge < -0.3 is 14.8 Å². The maximum absolute atomic E-state index is 5.97. The number of nitrogens with one attached hydrogen (secondary N) is 1. The molecule has 1 N–H and O–H groups in total. The van der Waals surface area contributed by atoms with Crippen LogP contribution in [0.5, 0.6) is 11.5 Å². The molecule has 0 saturated heterocycles. The average Bonchev–Trinajstić information content (AvgIpc) is 2.46. The number of halogens is 1. The SMILES string of the molecule is CCOc1ccc(NCc2cccc(Cl)c2)cc1OC. The fraction of sp³-hybridized carbons (Fsp3) is 0.250. The van der Waals surface area contributed by atoms with Crippen LogP contribution >= 0.6 is 11.6 Å². The van der Waals surface area contributed by atoms with Crippen LogP contribution in [0.4, 0.5) is 5.69 Å². The fourth-order valence-electron chi connectivity index (χ4n) is 1.90. The Labute approximate surface area is 124 Å². The highest BCUT2D eigenvalue weighted by molar-refractivity contribution is 6.30. The maximum Gasteiger partial charge on any atom is 0.162 e. The largest absolute Gasteiger partial charge is 0.493 e. The molecule has 4 heteroatoms. The molecule has 20 heavy (non-hydrogen) atoms. The zero-order valence-corrected chi connectivity index (χ0v) is 12.4. The van der Waals surface area contributed by atoms with Gasteiger partial charge in [-0.25, -0.2) is 0 Å². The third-order valence-corrected chi connectivity index (χ3v) is 3.08. The number of anilines is 1. The number of rotatable bonds is 6. The molecular formula is C16H18ClNO2. The van der Waals surface area contributed by atoms with E-state index < -0.39 is 0 Å². The molecule has 0 aromatic heterocycles. The van der Waals surface area contributed by atoms with E-state index >= 15 is 0 Å². The molecule has 2 aromatic carbocycles. The van der Waals surface area contributed by atoms with Crippen LogP contribution in [-0.4, -0.2) is 13.7 Å². The van der Waals surface area contributed by atoms with Gasteiger partial charge in [0.25, 0.3) is 0 Å². The molecule has 3 nitrogen and oxygen atoms in total.